The van der Waals surface area contributed by atoms with Crippen LogP contribution in [0.4, 0.5) is 0 Å². The van der Waals surface area contributed by atoms with E-state index in [1.54, 1.807) is 0 Å². The van der Waals surface area contributed by atoms with Gasteiger partial charge in [-0.2, -0.15) is 0 Å². The van der Waals surface area contributed by atoms with Gasteiger partial charge in [0.1, 0.15) is 11.9 Å². The number of rotatable bonds is 6. The van der Waals surface area contributed by atoms with Crippen molar-refractivity contribution in [3.05, 3.63) is 65.7 Å². The van der Waals surface area contributed by atoms with Gasteiger partial charge in [0.15, 0.2) is 0 Å². The molecule has 0 saturated carbocycles. The van der Waals surface area contributed by atoms with Gasteiger partial charge in [-0.3, -0.25) is 0 Å². The van der Waals surface area contributed by atoms with Crippen LogP contribution in [-0.2, 0) is 6.42 Å². The summed E-state index contributed by atoms with van der Waals surface area (Å²) in [7, 11) is 0. The van der Waals surface area contributed by atoms with Crippen LogP contribution in [-0.4, -0.2) is 6.10 Å². The predicted molar refractivity (Wildman–Crippen MR) is 83.9 cm³/mol. The zero-order valence-corrected chi connectivity index (χ0v) is 12.3. The summed E-state index contributed by atoms with van der Waals surface area (Å²) in [5, 5.41) is 0. The third kappa shape index (κ3) is 3.40. The lowest BCUT2D eigenvalue weighted by Crippen LogP contribution is -2.31. The van der Waals surface area contributed by atoms with E-state index in [9.17, 15) is 0 Å². The van der Waals surface area contributed by atoms with Crippen LogP contribution in [0.3, 0.4) is 0 Å². The highest BCUT2D eigenvalue weighted by molar-refractivity contribution is 5.33. The molecule has 2 heteroatoms. The number of benzene rings is 2. The van der Waals surface area contributed by atoms with E-state index in [4.69, 9.17) is 10.5 Å². The number of nitrogens with two attached hydrogens (primary N) is 1. The van der Waals surface area contributed by atoms with Crippen LogP contribution < -0.4 is 10.5 Å². The first-order valence-corrected chi connectivity index (χ1v) is 7.31. The molecule has 0 radical (unpaired) electrons. The Morgan fingerprint density at radius 3 is 2.25 bits per heavy atom. The van der Waals surface area contributed by atoms with E-state index in [1.165, 1.54) is 5.56 Å². The van der Waals surface area contributed by atoms with Crippen LogP contribution in [0.25, 0.3) is 0 Å². The van der Waals surface area contributed by atoms with Gasteiger partial charge >= 0.3 is 0 Å². The Morgan fingerprint density at radius 1 is 0.950 bits per heavy atom. The first kappa shape index (κ1) is 14.6. The Bertz CT molecular complexity index is 524. The minimum absolute atomic E-state index is 0.00917. The van der Waals surface area contributed by atoms with E-state index >= 15 is 0 Å². The van der Waals surface area contributed by atoms with Crippen molar-refractivity contribution >= 4 is 0 Å². The van der Waals surface area contributed by atoms with Crippen molar-refractivity contribution in [3.63, 3.8) is 0 Å². The second kappa shape index (κ2) is 7.11. The highest BCUT2D eigenvalue weighted by atomic mass is 16.5. The Labute approximate surface area is 121 Å². The van der Waals surface area contributed by atoms with Crippen LogP contribution in [0.15, 0.2) is 54.6 Å². The maximum Gasteiger partial charge on any atom is 0.122 e. The van der Waals surface area contributed by atoms with Gasteiger partial charge in [0.05, 0.1) is 6.04 Å². The zero-order chi connectivity index (χ0) is 14.4. The Kier molecular flexibility index (Phi) is 5.19. The molecule has 0 heterocycles. The third-order valence-corrected chi connectivity index (χ3v) is 3.62. The van der Waals surface area contributed by atoms with E-state index in [0.717, 1.165) is 24.2 Å². The molecule has 20 heavy (non-hydrogen) atoms. The molecule has 0 saturated heterocycles. The van der Waals surface area contributed by atoms with Gasteiger partial charge in [-0.15, -0.1) is 0 Å². The van der Waals surface area contributed by atoms with E-state index in [0.29, 0.717) is 0 Å². The van der Waals surface area contributed by atoms with Crippen molar-refractivity contribution in [1.29, 1.82) is 0 Å². The summed E-state index contributed by atoms with van der Waals surface area (Å²) in [6, 6.07) is 18.2. The van der Waals surface area contributed by atoms with Gasteiger partial charge < -0.3 is 10.5 Å². The molecule has 0 fully saturated rings. The van der Waals surface area contributed by atoms with Gasteiger partial charge in [0.2, 0.25) is 0 Å². The topological polar surface area (TPSA) is 35.2 Å². The Balaban J connectivity index is 2.17. The van der Waals surface area contributed by atoms with Crippen LogP contribution in [0.5, 0.6) is 5.75 Å². The van der Waals surface area contributed by atoms with Crippen LogP contribution >= 0.6 is 0 Å². The third-order valence-electron chi connectivity index (χ3n) is 3.62. The molecule has 106 valence electrons. The van der Waals surface area contributed by atoms with Crippen LogP contribution in [0.1, 0.15) is 37.4 Å². The first-order chi connectivity index (χ1) is 9.76. The molecule has 0 aliphatic carbocycles. The molecule has 2 aromatic rings. The monoisotopic (exact) mass is 269 g/mol. The average Bonchev–Trinajstić information content (AvgIpc) is 2.53. The molecule has 0 spiro atoms. The quantitative estimate of drug-likeness (QED) is 0.856. The lowest BCUT2D eigenvalue weighted by molar-refractivity contribution is 0.165. The van der Waals surface area contributed by atoms with Gasteiger partial charge in [0, 0.05) is 0 Å². The minimum Gasteiger partial charge on any atom is -0.488 e. The van der Waals surface area contributed by atoms with Gasteiger partial charge in [-0.05, 0) is 30.0 Å². The smallest absolute Gasteiger partial charge is 0.122 e. The molecule has 2 nitrogen and oxygen atoms in total. The molecular weight excluding hydrogens is 246 g/mol. The predicted octanol–water partition coefficient (Wildman–Crippen LogP) is 4.11. The molecule has 0 aromatic heterocycles. The van der Waals surface area contributed by atoms with Crippen molar-refractivity contribution in [1.82, 2.24) is 0 Å². The van der Waals surface area contributed by atoms with E-state index in [-0.39, 0.29) is 12.1 Å². The lowest BCUT2D eigenvalue weighted by Gasteiger charge is -2.25. The molecule has 2 unspecified atom stereocenters. The molecule has 2 N–H and O–H groups in total. The fraction of sp³-hybridized carbons (Fsp3) is 0.333. The summed E-state index contributed by atoms with van der Waals surface area (Å²) in [5.74, 6) is 0.952. The van der Waals surface area contributed by atoms with Crippen LogP contribution in [0.2, 0.25) is 0 Å². The van der Waals surface area contributed by atoms with Crippen molar-refractivity contribution in [2.45, 2.75) is 38.8 Å². The SMILES string of the molecule is CCc1ccccc1OC(CC)C(N)c1ccccc1. The van der Waals surface area contributed by atoms with Gasteiger partial charge in [-0.1, -0.05) is 62.4 Å². The van der Waals surface area contributed by atoms with Crippen molar-refractivity contribution in [2.75, 3.05) is 0 Å². The molecule has 2 atom stereocenters. The summed E-state index contributed by atoms with van der Waals surface area (Å²) in [6.45, 7) is 4.25. The fourth-order valence-corrected chi connectivity index (χ4v) is 2.37. The Morgan fingerprint density at radius 2 is 1.60 bits per heavy atom. The first-order valence-electron chi connectivity index (χ1n) is 7.31. The van der Waals surface area contributed by atoms with Gasteiger partial charge in [0.25, 0.3) is 0 Å². The second-order valence-electron chi connectivity index (χ2n) is 4.96. The molecular formula is C18H23NO. The molecule has 0 aliphatic heterocycles. The summed E-state index contributed by atoms with van der Waals surface area (Å²) < 4.78 is 6.18. The summed E-state index contributed by atoms with van der Waals surface area (Å²) in [6.07, 6.45) is 1.84. The molecule has 2 rings (SSSR count). The number of hydrogen-bond acceptors (Lipinski definition) is 2. The van der Waals surface area contributed by atoms with E-state index in [1.807, 2.05) is 36.4 Å². The maximum absolute atomic E-state index is 6.36. The number of para-hydroxylation sites is 1. The minimum atomic E-state index is -0.105. The summed E-state index contributed by atoms with van der Waals surface area (Å²) >= 11 is 0. The number of hydrogen-bond donors (Lipinski definition) is 1. The highest BCUT2D eigenvalue weighted by Crippen LogP contribution is 2.25. The summed E-state index contributed by atoms with van der Waals surface area (Å²) in [4.78, 5) is 0. The largest absolute Gasteiger partial charge is 0.488 e. The fourth-order valence-electron chi connectivity index (χ4n) is 2.37. The lowest BCUT2D eigenvalue weighted by atomic mass is 10.0. The molecule has 2 aromatic carbocycles. The van der Waals surface area contributed by atoms with E-state index < -0.39 is 0 Å². The highest BCUT2D eigenvalue weighted by Gasteiger charge is 2.20. The average molecular weight is 269 g/mol. The van der Waals surface area contributed by atoms with Gasteiger partial charge in [-0.25, -0.2) is 0 Å². The normalized spacial score (nSPS) is 13.8. The van der Waals surface area contributed by atoms with E-state index in [2.05, 4.69) is 32.0 Å². The van der Waals surface area contributed by atoms with Crippen LogP contribution in [0, 0.1) is 0 Å². The second-order valence-corrected chi connectivity index (χ2v) is 4.96. The number of ether oxygens (including phenoxy) is 1. The summed E-state index contributed by atoms with van der Waals surface area (Å²) in [5.41, 5.74) is 8.71. The number of aryl methyl sites for hydroxylation is 1. The van der Waals surface area contributed by atoms with Crippen molar-refractivity contribution in [3.8, 4) is 5.75 Å². The maximum atomic E-state index is 6.36. The molecule has 0 bridgehead atoms. The Hall–Kier alpha value is -1.80. The standard InChI is InChI=1S/C18H23NO/c1-3-14-10-8-9-13-17(14)20-16(4-2)18(19)15-11-6-5-7-12-15/h5-13,16,18H,3-4,19H2,1-2H3. The van der Waals surface area contributed by atoms with Crippen molar-refractivity contribution in [2.24, 2.45) is 5.73 Å². The molecule has 0 aliphatic rings. The zero-order valence-electron chi connectivity index (χ0n) is 12.3. The molecule has 0 amide bonds. The van der Waals surface area contributed by atoms with Crippen molar-refractivity contribution < 1.29 is 4.74 Å².